The summed E-state index contributed by atoms with van der Waals surface area (Å²) < 4.78 is 0. The van der Waals surface area contributed by atoms with Crippen molar-refractivity contribution in [1.29, 1.82) is 0 Å². The molecule has 0 aromatic heterocycles. The van der Waals surface area contributed by atoms with Gasteiger partial charge in [0, 0.05) is 20.4 Å². The molecule has 3 heteroatoms. The minimum absolute atomic E-state index is 0. The zero-order valence-corrected chi connectivity index (χ0v) is 23.1. The monoisotopic (exact) mass is 542 g/mol. The van der Waals surface area contributed by atoms with Gasteiger partial charge in [-0.1, -0.05) is 77.0 Å². The third-order valence-electron chi connectivity index (χ3n) is 9.01. The molecule has 0 aromatic rings. The Kier molecular flexibility index (Phi) is 12.8. The first-order valence-electron chi connectivity index (χ1n) is 13.9. The molecule has 0 aromatic carbocycles. The van der Waals surface area contributed by atoms with Crippen molar-refractivity contribution < 1.29 is 20.4 Å². The maximum Gasteiger partial charge on any atom is 0 e. The number of hydrogen-bond donors (Lipinski definition) is 0. The van der Waals surface area contributed by atoms with Crippen LogP contribution in [-0.4, -0.2) is 35.0 Å². The second-order valence-corrected chi connectivity index (χ2v) is 16.9. The van der Waals surface area contributed by atoms with Crippen molar-refractivity contribution in [3.8, 4) is 0 Å². The molecule has 0 radical (unpaired) electrons. The molecule has 0 bridgehead atoms. The molecule has 30 heavy (non-hydrogen) atoms. The fraction of sp³-hybridized carbons (Fsp3) is 1.00. The van der Waals surface area contributed by atoms with Crippen LogP contribution in [0.5, 0.6) is 0 Å². The first-order valence-corrected chi connectivity index (χ1v) is 17.3. The van der Waals surface area contributed by atoms with Gasteiger partial charge in [-0.25, -0.2) is 0 Å². The van der Waals surface area contributed by atoms with E-state index in [0.29, 0.717) is 15.8 Å². The summed E-state index contributed by atoms with van der Waals surface area (Å²) >= 11 is 0. The van der Waals surface area contributed by atoms with E-state index in [0.717, 1.165) is 0 Å². The van der Waals surface area contributed by atoms with Gasteiger partial charge in [0.05, 0.1) is 0 Å². The van der Waals surface area contributed by atoms with Crippen LogP contribution >= 0.6 is 15.8 Å². The molecule has 0 saturated heterocycles. The van der Waals surface area contributed by atoms with Gasteiger partial charge in [-0.3, -0.25) is 0 Å². The minimum Gasteiger partial charge on any atom is -0.100 e. The third-order valence-corrected chi connectivity index (χ3v) is 16.5. The van der Waals surface area contributed by atoms with Crippen LogP contribution in [0.3, 0.4) is 0 Å². The van der Waals surface area contributed by atoms with E-state index in [9.17, 15) is 0 Å². The van der Waals surface area contributed by atoms with E-state index in [1.165, 1.54) is 22.6 Å². The first-order chi connectivity index (χ1) is 14.4. The molecular formula is C27H50P2Pd. The van der Waals surface area contributed by atoms with Crippen molar-refractivity contribution >= 4 is 15.8 Å². The predicted octanol–water partition coefficient (Wildman–Crippen LogP) is 9.67. The Bertz CT molecular complexity index is 356. The Morgan fingerprint density at radius 1 is 0.367 bits per heavy atom. The van der Waals surface area contributed by atoms with Gasteiger partial charge < -0.3 is 0 Å². The normalized spacial score (nSPS) is 26.2. The van der Waals surface area contributed by atoms with E-state index in [-0.39, 0.29) is 20.4 Å². The summed E-state index contributed by atoms with van der Waals surface area (Å²) in [6.45, 7) is 0. The Labute approximate surface area is 205 Å². The molecule has 0 N–H and O–H groups in total. The molecule has 0 unspecified atom stereocenters. The van der Waals surface area contributed by atoms with Gasteiger partial charge in [-0.15, -0.1) is 15.8 Å². The summed E-state index contributed by atoms with van der Waals surface area (Å²) in [4.78, 5) is 0. The minimum atomic E-state index is 0. The average molecular weight is 543 g/mol. The molecule has 0 amide bonds. The van der Waals surface area contributed by atoms with E-state index in [1.807, 2.05) is 0 Å². The van der Waals surface area contributed by atoms with Crippen LogP contribution in [0.15, 0.2) is 0 Å². The van der Waals surface area contributed by atoms with Crippen molar-refractivity contribution in [2.24, 2.45) is 0 Å². The van der Waals surface area contributed by atoms with Crippen LogP contribution in [0, 0.1) is 0 Å². The Morgan fingerprint density at radius 3 is 0.833 bits per heavy atom. The zero-order valence-electron chi connectivity index (χ0n) is 19.8. The first kappa shape index (κ1) is 26.1. The van der Waals surface area contributed by atoms with Crippen molar-refractivity contribution in [3.05, 3.63) is 0 Å². The Hall–Kier alpha value is 1.52. The zero-order chi connectivity index (χ0) is 19.7. The number of rotatable bonds is 8. The molecule has 0 nitrogen and oxygen atoms in total. The fourth-order valence-electron chi connectivity index (χ4n) is 7.41. The van der Waals surface area contributed by atoms with E-state index in [4.69, 9.17) is 0 Å². The average Bonchev–Trinajstić information content (AvgIpc) is 2.81. The van der Waals surface area contributed by atoms with Crippen LogP contribution in [0.2, 0.25) is 0 Å². The van der Waals surface area contributed by atoms with Crippen molar-refractivity contribution in [2.45, 2.75) is 157 Å². The summed E-state index contributed by atoms with van der Waals surface area (Å²) in [6.07, 6.45) is 36.6. The summed E-state index contributed by atoms with van der Waals surface area (Å²) in [6, 6.07) is 0. The van der Waals surface area contributed by atoms with E-state index >= 15 is 0 Å². The SMILES string of the molecule is C1CCC(P(CCCP(C2CCCCC2)C2CCCCC2)C2CCCCC2)CC1.[Pd]. The molecule has 0 aliphatic heterocycles. The summed E-state index contributed by atoms with van der Waals surface area (Å²) in [7, 11) is 0.696. The fourth-order valence-corrected chi connectivity index (χ4v) is 15.5. The molecular weight excluding hydrogens is 493 g/mol. The number of hydrogen-bond acceptors (Lipinski definition) is 0. The summed E-state index contributed by atoms with van der Waals surface area (Å²) in [5.41, 5.74) is 4.71. The van der Waals surface area contributed by atoms with Gasteiger partial charge in [0.1, 0.15) is 0 Å². The third kappa shape index (κ3) is 7.79. The predicted molar refractivity (Wildman–Crippen MR) is 136 cm³/mol. The molecule has 0 heterocycles. The van der Waals surface area contributed by atoms with E-state index < -0.39 is 0 Å². The molecule has 4 fully saturated rings. The van der Waals surface area contributed by atoms with E-state index in [1.54, 1.807) is 147 Å². The smallest absolute Gasteiger partial charge is 0 e. The standard InChI is InChI=1S/C27H50P2.Pd/c1-5-14-24(15-6-1)28(25-16-7-2-8-17-25)22-13-23-29(26-18-9-3-10-19-26)27-20-11-4-12-21-27;/h24-27H,1-23H2;. The topological polar surface area (TPSA) is 0 Å². The van der Waals surface area contributed by atoms with Gasteiger partial charge in [0.25, 0.3) is 0 Å². The van der Waals surface area contributed by atoms with Gasteiger partial charge in [-0.05, 0) is 92.7 Å². The van der Waals surface area contributed by atoms with Crippen molar-refractivity contribution in [2.75, 3.05) is 12.3 Å². The van der Waals surface area contributed by atoms with Crippen molar-refractivity contribution in [1.82, 2.24) is 0 Å². The van der Waals surface area contributed by atoms with Crippen LogP contribution < -0.4 is 0 Å². The largest absolute Gasteiger partial charge is 0.100 e. The van der Waals surface area contributed by atoms with Crippen molar-refractivity contribution in [3.63, 3.8) is 0 Å². The molecule has 0 spiro atoms. The quantitative estimate of drug-likeness (QED) is 0.211. The van der Waals surface area contributed by atoms with Crippen LogP contribution in [-0.2, 0) is 20.4 Å². The molecule has 4 rings (SSSR count). The van der Waals surface area contributed by atoms with Gasteiger partial charge in [0.15, 0.2) is 0 Å². The second-order valence-electron chi connectivity index (χ2n) is 11.0. The molecule has 4 aliphatic carbocycles. The maximum atomic E-state index is 1.68. The maximum absolute atomic E-state index is 1.68. The molecule has 0 atom stereocenters. The molecule has 4 aliphatic rings. The molecule has 178 valence electrons. The molecule has 4 saturated carbocycles. The second kappa shape index (κ2) is 14.7. The van der Waals surface area contributed by atoms with Gasteiger partial charge >= 0.3 is 0 Å². The van der Waals surface area contributed by atoms with Gasteiger partial charge in [0.2, 0.25) is 0 Å². The van der Waals surface area contributed by atoms with Crippen LogP contribution in [0.25, 0.3) is 0 Å². The Balaban J connectivity index is 0.00000256. The van der Waals surface area contributed by atoms with Crippen LogP contribution in [0.4, 0.5) is 0 Å². The van der Waals surface area contributed by atoms with Crippen LogP contribution in [0.1, 0.15) is 135 Å². The van der Waals surface area contributed by atoms with E-state index in [2.05, 4.69) is 0 Å². The Morgan fingerprint density at radius 2 is 0.600 bits per heavy atom. The summed E-state index contributed by atoms with van der Waals surface area (Å²) in [5.74, 6) is 0. The van der Waals surface area contributed by atoms with Gasteiger partial charge in [-0.2, -0.15) is 0 Å². The summed E-state index contributed by atoms with van der Waals surface area (Å²) in [5, 5.41) is 0.